The van der Waals surface area contributed by atoms with Crippen LogP contribution in [0.5, 0.6) is 11.6 Å². The zero-order valence-corrected chi connectivity index (χ0v) is 15.5. The Hall–Kier alpha value is -2.65. The summed E-state index contributed by atoms with van der Waals surface area (Å²) in [5.41, 5.74) is 0.187. The number of anilines is 2. The molecular formula is C17H18ClFN4O4. The minimum Gasteiger partial charge on any atom is -0.495 e. The predicted molar refractivity (Wildman–Crippen MR) is 96.6 cm³/mol. The second-order valence-corrected chi connectivity index (χ2v) is 6.02. The fourth-order valence-corrected chi connectivity index (χ4v) is 2.76. The summed E-state index contributed by atoms with van der Waals surface area (Å²) in [5.74, 6) is -0.514. The molecule has 1 saturated heterocycles. The van der Waals surface area contributed by atoms with Crippen LogP contribution in [0.4, 0.5) is 16.0 Å². The van der Waals surface area contributed by atoms with Crippen molar-refractivity contribution in [3.8, 4) is 11.6 Å². The molecule has 1 aromatic heterocycles. The summed E-state index contributed by atoms with van der Waals surface area (Å²) in [6.45, 7) is 1.69. The number of benzene rings is 1. The van der Waals surface area contributed by atoms with E-state index in [-0.39, 0.29) is 33.9 Å². The van der Waals surface area contributed by atoms with Crippen molar-refractivity contribution >= 4 is 29.1 Å². The molecule has 0 atom stereocenters. The Kier molecular flexibility index (Phi) is 5.92. The van der Waals surface area contributed by atoms with Crippen molar-refractivity contribution in [2.45, 2.75) is 0 Å². The van der Waals surface area contributed by atoms with Gasteiger partial charge in [-0.2, -0.15) is 4.98 Å². The molecule has 144 valence electrons. The maximum atomic E-state index is 14.6. The fraction of sp³-hybridized carbons (Fsp3) is 0.353. The lowest BCUT2D eigenvalue weighted by atomic mass is 10.1. The van der Waals surface area contributed by atoms with E-state index in [4.69, 9.17) is 25.8 Å². The minimum atomic E-state index is -0.685. The van der Waals surface area contributed by atoms with Gasteiger partial charge in [0.1, 0.15) is 16.6 Å². The number of nitrogens with one attached hydrogen (secondary N) is 1. The number of carbonyl (C=O) groups excluding carboxylic acids is 1. The van der Waals surface area contributed by atoms with E-state index in [0.717, 1.165) is 6.07 Å². The number of hydrogen-bond donors (Lipinski definition) is 1. The van der Waals surface area contributed by atoms with Gasteiger partial charge in [0.15, 0.2) is 0 Å². The zero-order valence-electron chi connectivity index (χ0n) is 14.8. The van der Waals surface area contributed by atoms with E-state index in [0.29, 0.717) is 26.3 Å². The molecule has 2 heterocycles. The normalized spacial score (nSPS) is 14.0. The summed E-state index contributed by atoms with van der Waals surface area (Å²) in [6.07, 6.45) is 1.36. The van der Waals surface area contributed by atoms with Crippen LogP contribution in [-0.2, 0) is 4.74 Å². The Morgan fingerprint density at radius 1 is 1.30 bits per heavy atom. The van der Waals surface area contributed by atoms with Crippen LogP contribution >= 0.6 is 11.6 Å². The predicted octanol–water partition coefficient (Wildman–Crippen LogP) is 2.50. The number of amides is 1. The largest absolute Gasteiger partial charge is 0.495 e. The molecule has 1 fully saturated rings. The van der Waals surface area contributed by atoms with E-state index in [2.05, 4.69) is 15.3 Å². The van der Waals surface area contributed by atoms with Crippen molar-refractivity contribution in [1.29, 1.82) is 0 Å². The molecule has 3 rings (SSSR count). The molecule has 8 nitrogen and oxygen atoms in total. The van der Waals surface area contributed by atoms with Gasteiger partial charge < -0.3 is 24.4 Å². The third-order valence-corrected chi connectivity index (χ3v) is 4.23. The van der Waals surface area contributed by atoms with Crippen molar-refractivity contribution < 1.29 is 23.4 Å². The van der Waals surface area contributed by atoms with Crippen molar-refractivity contribution in [1.82, 2.24) is 14.9 Å². The van der Waals surface area contributed by atoms with Crippen LogP contribution in [-0.4, -0.2) is 61.3 Å². The number of rotatable bonds is 5. The first-order chi connectivity index (χ1) is 13.0. The van der Waals surface area contributed by atoms with Crippen molar-refractivity contribution in [3.05, 3.63) is 34.7 Å². The van der Waals surface area contributed by atoms with Crippen molar-refractivity contribution in [2.24, 2.45) is 0 Å². The fourth-order valence-electron chi connectivity index (χ4n) is 2.60. The molecule has 0 bridgehead atoms. The highest BCUT2D eigenvalue weighted by atomic mass is 35.5. The molecule has 10 heteroatoms. The van der Waals surface area contributed by atoms with E-state index in [1.165, 1.54) is 26.5 Å². The van der Waals surface area contributed by atoms with Gasteiger partial charge in [-0.1, -0.05) is 11.6 Å². The van der Waals surface area contributed by atoms with E-state index < -0.39 is 11.7 Å². The van der Waals surface area contributed by atoms with E-state index in [9.17, 15) is 9.18 Å². The van der Waals surface area contributed by atoms with Crippen LogP contribution < -0.4 is 14.8 Å². The molecular weight excluding hydrogens is 379 g/mol. The van der Waals surface area contributed by atoms with Gasteiger partial charge in [-0.15, -0.1) is 0 Å². The van der Waals surface area contributed by atoms with Crippen molar-refractivity contribution in [2.75, 3.05) is 45.8 Å². The number of methoxy groups -OCH3 is 2. The zero-order chi connectivity index (χ0) is 19.4. The van der Waals surface area contributed by atoms with Crippen LogP contribution in [0.15, 0.2) is 18.3 Å². The highest BCUT2D eigenvalue weighted by Gasteiger charge is 2.23. The second-order valence-electron chi connectivity index (χ2n) is 5.61. The standard InChI is InChI=1S/C17H18ClFN4O4/c1-25-14-7-10(16(24)23-3-5-27-6-4-23)12(19)8-13(14)21-17-20-9-11(18)15(22-17)26-2/h7-9H,3-6H2,1-2H3,(H,20,21,22). The number of aromatic nitrogens is 2. The van der Waals surface area contributed by atoms with Gasteiger partial charge in [0.05, 0.1) is 44.9 Å². The van der Waals surface area contributed by atoms with E-state index in [1.54, 1.807) is 4.90 Å². The smallest absolute Gasteiger partial charge is 0.257 e. The van der Waals surface area contributed by atoms with Gasteiger partial charge in [0, 0.05) is 19.2 Å². The number of nitrogens with zero attached hydrogens (tertiary/aromatic N) is 3. The summed E-state index contributed by atoms with van der Waals surface area (Å²) in [4.78, 5) is 22.2. The van der Waals surface area contributed by atoms with E-state index >= 15 is 0 Å². The first-order valence-electron chi connectivity index (χ1n) is 8.11. The molecule has 1 aromatic carbocycles. The second kappa shape index (κ2) is 8.36. The highest BCUT2D eigenvalue weighted by Crippen LogP contribution is 2.31. The number of halogens is 2. The molecule has 0 radical (unpaired) electrons. The Bertz CT molecular complexity index is 846. The minimum absolute atomic E-state index is 0.0751. The molecule has 27 heavy (non-hydrogen) atoms. The van der Waals surface area contributed by atoms with Gasteiger partial charge >= 0.3 is 0 Å². The lowest BCUT2D eigenvalue weighted by Gasteiger charge is -2.27. The molecule has 0 saturated carbocycles. The first-order valence-corrected chi connectivity index (χ1v) is 8.49. The Labute approximate surface area is 160 Å². The van der Waals surface area contributed by atoms with Crippen LogP contribution in [0.3, 0.4) is 0 Å². The van der Waals surface area contributed by atoms with Crippen LogP contribution in [0.2, 0.25) is 5.02 Å². The summed E-state index contributed by atoms with van der Waals surface area (Å²) >= 11 is 5.90. The third kappa shape index (κ3) is 4.20. The van der Waals surface area contributed by atoms with Gasteiger partial charge in [0.25, 0.3) is 5.91 Å². The molecule has 1 amide bonds. The van der Waals surface area contributed by atoms with E-state index in [1.807, 2.05) is 0 Å². The van der Waals surface area contributed by atoms with Gasteiger partial charge in [-0.25, -0.2) is 9.37 Å². The summed E-state index contributed by atoms with van der Waals surface area (Å²) < 4.78 is 30.2. The van der Waals surface area contributed by atoms with Crippen LogP contribution in [0.1, 0.15) is 10.4 Å². The molecule has 1 N–H and O–H groups in total. The van der Waals surface area contributed by atoms with Gasteiger partial charge in [-0.05, 0) is 6.07 Å². The average molecular weight is 397 g/mol. The van der Waals surface area contributed by atoms with Crippen LogP contribution in [0, 0.1) is 5.82 Å². The number of carbonyl (C=O) groups is 1. The van der Waals surface area contributed by atoms with Crippen molar-refractivity contribution in [3.63, 3.8) is 0 Å². The maximum Gasteiger partial charge on any atom is 0.257 e. The lowest BCUT2D eigenvalue weighted by Crippen LogP contribution is -2.41. The Balaban J connectivity index is 1.88. The molecule has 0 spiro atoms. The first kappa shape index (κ1) is 19.1. The number of ether oxygens (including phenoxy) is 3. The molecule has 2 aromatic rings. The molecule has 1 aliphatic heterocycles. The molecule has 0 unspecified atom stereocenters. The topological polar surface area (TPSA) is 85.8 Å². The maximum absolute atomic E-state index is 14.6. The monoisotopic (exact) mass is 396 g/mol. The summed E-state index contributed by atoms with van der Waals surface area (Å²) in [7, 11) is 2.84. The summed E-state index contributed by atoms with van der Waals surface area (Å²) in [5, 5.41) is 3.08. The number of hydrogen-bond acceptors (Lipinski definition) is 7. The molecule has 0 aliphatic carbocycles. The average Bonchev–Trinajstić information content (AvgIpc) is 2.70. The highest BCUT2D eigenvalue weighted by molar-refractivity contribution is 6.31. The van der Waals surface area contributed by atoms with Gasteiger partial charge in [-0.3, -0.25) is 4.79 Å². The quantitative estimate of drug-likeness (QED) is 0.830. The van der Waals surface area contributed by atoms with Crippen LogP contribution in [0.25, 0.3) is 0 Å². The Morgan fingerprint density at radius 3 is 2.70 bits per heavy atom. The SMILES string of the molecule is COc1cc(C(=O)N2CCOCC2)c(F)cc1Nc1ncc(Cl)c(OC)n1. The van der Waals surface area contributed by atoms with Gasteiger partial charge in [0.2, 0.25) is 11.8 Å². The summed E-state index contributed by atoms with van der Waals surface area (Å²) in [6, 6.07) is 2.51. The lowest BCUT2D eigenvalue weighted by molar-refractivity contribution is 0.0299. The number of morpholine rings is 1. The third-order valence-electron chi connectivity index (χ3n) is 3.97. The Morgan fingerprint density at radius 2 is 2.04 bits per heavy atom. The molecule has 1 aliphatic rings.